The van der Waals surface area contributed by atoms with Crippen LogP contribution in [0.5, 0.6) is 11.5 Å². The topological polar surface area (TPSA) is 115 Å². The highest BCUT2D eigenvalue weighted by molar-refractivity contribution is 7.17. The Morgan fingerprint density at radius 1 is 0.956 bits per heavy atom. The molecule has 0 saturated carbocycles. The van der Waals surface area contributed by atoms with E-state index in [0.29, 0.717) is 41.5 Å². The van der Waals surface area contributed by atoms with Gasteiger partial charge >= 0.3 is 11.9 Å². The zero-order valence-corrected chi connectivity index (χ0v) is 26.1. The number of Topliss-reactive ketones (excluding diaryl/α,β-unsaturated/α-hetero) is 1. The number of aliphatic hydroxyl groups excluding tert-OH is 1. The van der Waals surface area contributed by atoms with Gasteiger partial charge in [0.1, 0.15) is 28.7 Å². The zero-order valence-electron chi connectivity index (χ0n) is 25.3. The molecule has 232 valence electrons. The molecule has 2 heterocycles. The quantitative estimate of drug-likeness (QED) is 0.0587. The van der Waals surface area contributed by atoms with Crippen molar-refractivity contribution in [2.45, 2.75) is 46.3 Å². The minimum Gasteiger partial charge on any atom is -0.507 e. The van der Waals surface area contributed by atoms with Crippen LogP contribution < -0.4 is 14.4 Å². The molecule has 1 fully saturated rings. The third kappa shape index (κ3) is 6.91. The number of ketones is 1. The molecule has 3 aromatic carbocycles. The lowest BCUT2D eigenvalue weighted by atomic mass is 9.95. The number of rotatable bonds is 12. The first kappa shape index (κ1) is 31.5. The summed E-state index contributed by atoms with van der Waals surface area (Å²) in [5, 5.41) is 11.7. The molecule has 4 aromatic rings. The maximum atomic E-state index is 13.7. The van der Waals surface area contributed by atoms with Crippen molar-refractivity contribution in [1.29, 1.82) is 0 Å². The van der Waals surface area contributed by atoms with Crippen molar-refractivity contribution in [2.24, 2.45) is 0 Å². The van der Waals surface area contributed by atoms with Crippen LogP contribution in [0.4, 0.5) is 5.13 Å². The summed E-state index contributed by atoms with van der Waals surface area (Å²) in [6.45, 7) is 6.45. The Kier molecular flexibility index (Phi) is 9.94. The minimum absolute atomic E-state index is 0.103. The molecular formula is C35H34N2O7S. The van der Waals surface area contributed by atoms with Crippen LogP contribution in [0.25, 0.3) is 5.76 Å². The number of carbonyl (C=O) groups excluding carboxylic acids is 3. The van der Waals surface area contributed by atoms with Crippen molar-refractivity contribution >= 4 is 39.9 Å². The molecule has 0 spiro atoms. The number of benzene rings is 3. The van der Waals surface area contributed by atoms with Gasteiger partial charge in [0.25, 0.3) is 5.78 Å². The van der Waals surface area contributed by atoms with Crippen molar-refractivity contribution < 1.29 is 33.7 Å². The maximum absolute atomic E-state index is 13.7. The highest BCUT2D eigenvalue weighted by Crippen LogP contribution is 2.44. The van der Waals surface area contributed by atoms with E-state index in [0.717, 1.165) is 29.7 Å². The van der Waals surface area contributed by atoms with Gasteiger partial charge in [0.05, 0.1) is 30.5 Å². The third-order valence-electron chi connectivity index (χ3n) is 7.21. The van der Waals surface area contributed by atoms with Crippen molar-refractivity contribution in [3.05, 3.63) is 112 Å². The van der Waals surface area contributed by atoms with E-state index in [1.54, 1.807) is 62.4 Å². The fourth-order valence-corrected chi connectivity index (χ4v) is 5.91. The molecule has 1 aliphatic heterocycles. The Bertz CT molecular complexity index is 1710. The Morgan fingerprint density at radius 2 is 1.71 bits per heavy atom. The number of ether oxygens (including phenoxy) is 3. The number of aryl methyl sites for hydroxylation is 1. The van der Waals surface area contributed by atoms with Crippen molar-refractivity contribution in [1.82, 2.24) is 4.98 Å². The van der Waals surface area contributed by atoms with Crippen molar-refractivity contribution in [3.8, 4) is 11.5 Å². The zero-order chi connectivity index (χ0) is 31.9. The van der Waals surface area contributed by atoms with E-state index >= 15 is 0 Å². The Hall–Kier alpha value is -4.96. The third-order valence-corrected chi connectivity index (χ3v) is 8.35. The molecular weight excluding hydrogens is 592 g/mol. The van der Waals surface area contributed by atoms with Crippen LogP contribution in [-0.4, -0.2) is 41.0 Å². The highest BCUT2D eigenvalue weighted by atomic mass is 32.1. The summed E-state index contributed by atoms with van der Waals surface area (Å²) in [6.07, 6.45) is 1.83. The molecule has 1 N–H and O–H groups in total. The highest BCUT2D eigenvalue weighted by Gasteiger charge is 2.48. The van der Waals surface area contributed by atoms with Crippen LogP contribution in [0, 0.1) is 6.92 Å². The summed E-state index contributed by atoms with van der Waals surface area (Å²) in [5.41, 5.74) is 2.15. The number of esters is 1. The number of anilines is 1. The summed E-state index contributed by atoms with van der Waals surface area (Å²) >= 11 is 0.959. The lowest BCUT2D eigenvalue weighted by Gasteiger charge is -2.23. The van der Waals surface area contributed by atoms with Crippen molar-refractivity contribution in [3.63, 3.8) is 0 Å². The van der Waals surface area contributed by atoms with E-state index in [2.05, 4.69) is 11.9 Å². The fourth-order valence-electron chi connectivity index (χ4n) is 4.93. The summed E-state index contributed by atoms with van der Waals surface area (Å²) in [6, 6.07) is 22.5. The van der Waals surface area contributed by atoms with Gasteiger partial charge in [0.15, 0.2) is 5.13 Å². The second-order valence-electron chi connectivity index (χ2n) is 10.4. The molecule has 9 nitrogen and oxygen atoms in total. The van der Waals surface area contributed by atoms with Gasteiger partial charge in [-0.3, -0.25) is 14.5 Å². The summed E-state index contributed by atoms with van der Waals surface area (Å²) in [5.74, 6) is -1.52. The summed E-state index contributed by atoms with van der Waals surface area (Å²) in [4.78, 5) is 45.8. The molecule has 1 unspecified atom stereocenters. The second kappa shape index (κ2) is 14.2. The number of thiazole rings is 1. The Balaban J connectivity index is 1.56. The average Bonchev–Trinajstić information content (AvgIpc) is 3.56. The van der Waals surface area contributed by atoms with Crippen LogP contribution >= 0.6 is 11.3 Å². The number of aromatic nitrogens is 1. The summed E-state index contributed by atoms with van der Waals surface area (Å²) in [7, 11) is 0. The first-order chi connectivity index (χ1) is 21.8. The Labute approximate surface area is 265 Å². The molecule has 1 aromatic heterocycles. The molecule has 0 aliphatic carbocycles. The number of amides is 1. The molecule has 1 saturated heterocycles. The SMILES string of the molecule is CCCCOc1cccc(C(O)=C2C(=O)C(=O)N(c3nc(C)c(C(=O)OCC)s3)C2c2ccc(OCc3ccccc3)cc2)c1. The second-order valence-corrected chi connectivity index (χ2v) is 11.4. The van der Waals surface area contributed by atoms with E-state index in [1.165, 1.54) is 4.90 Å². The van der Waals surface area contributed by atoms with Crippen LogP contribution in [0.15, 0.2) is 84.4 Å². The van der Waals surface area contributed by atoms with E-state index in [4.69, 9.17) is 14.2 Å². The molecule has 1 amide bonds. The monoisotopic (exact) mass is 626 g/mol. The van der Waals surface area contributed by atoms with Crippen LogP contribution in [0.1, 0.15) is 64.8 Å². The van der Waals surface area contributed by atoms with Gasteiger partial charge in [-0.2, -0.15) is 0 Å². The molecule has 45 heavy (non-hydrogen) atoms. The smallest absolute Gasteiger partial charge is 0.350 e. The summed E-state index contributed by atoms with van der Waals surface area (Å²) < 4.78 is 16.9. The van der Waals surface area contributed by atoms with Crippen LogP contribution in [0.3, 0.4) is 0 Å². The first-order valence-electron chi connectivity index (χ1n) is 14.8. The van der Waals surface area contributed by atoms with E-state index in [9.17, 15) is 19.5 Å². The number of hydrogen-bond acceptors (Lipinski definition) is 9. The predicted molar refractivity (Wildman–Crippen MR) is 172 cm³/mol. The lowest BCUT2D eigenvalue weighted by molar-refractivity contribution is -0.132. The molecule has 0 radical (unpaired) electrons. The van der Waals surface area contributed by atoms with Gasteiger partial charge in [-0.25, -0.2) is 9.78 Å². The van der Waals surface area contributed by atoms with E-state index in [1.807, 2.05) is 30.3 Å². The standard InChI is InChI=1S/C35H34N2O7S/c1-4-6-19-43-27-14-10-13-25(20-27)30(38)28-29(24-15-17-26(18-16-24)44-21-23-11-8-7-9-12-23)37(33(40)31(28)39)35-36-22(3)32(45-35)34(41)42-5-2/h7-18,20,29,38H,4-6,19,21H2,1-3H3. The van der Waals surface area contributed by atoms with Crippen LogP contribution in [0.2, 0.25) is 0 Å². The molecule has 5 rings (SSSR count). The molecule has 1 aliphatic rings. The first-order valence-corrected chi connectivity index (χ1v) is 15.6. The van der Waals surface area contributed by atoms with Gasteiger partial charge in [-0.15, -0.1) is 0 Å². The fraction of sp³-hybridized carbons (Fsp3) is 0.257. The number of nitrogens with zero attached hydrogens (tertiary/aromatic N) is 2. The molecule has 10 heteroatoms. The maximum Gasteiger partial charge on any atom is 0.350 e. The van der Waals surface area contributed by atoms with E-state index in [-0.39, 0.29) is 27.9 Å². The van der Waals surface area contributed by atoms with Crippen molar-refractivity contribution in [2.75, 3.05) is 18.1 Å². The van der Waals surface area contributed by atoms with Crippen LogP contribution in [-0.2, 0) is 20.9 Å². The van der Waals surface area contributed by atoms with Gasteiger partial charge in [-0.1, -0.05) is 79.3 Å². The van der Waals surface area contributed by atoms with E-state index < -0.39 is 23.7 Å². The number of aliphatic hydroxyl groups is 1. The van der Waals surface area contributed by atoms with Gasteiger partial charge in [0, 0.05) is 5.56 Å². The van der Waals surface area contributed by atoms with Gasteiger partial charge < -0.3 is 19.3 Å². The number of hydrogen-bond donors (Lipinski definition) is 1. The minimum atomic E-state index is -1.03. The average molecular weight is 627 g/mol. The lowest BCUT2D eigenvalue weighted by Crippen LogP contribution is -2.29. The number of carbonyl (C=O) groups is 3. The van der Waals surface area contributed by atoms with Gasteiger partial charge in [-0.05, 0) is 55.7 Å². The largest absolute Gasteiger partial charge is 0.507 e. The predicted octanol–water partition coefficient (Wildman–Crippen LogP) is 7.01. The van der Waals surface area contributed by atoms with Gasteiger partial charge in [0.2, 0.25) is 0 Å². The molecule has 1 atom stereocenters. The normalized spacial score (nSPS) is 15.7. The Morgan fingerprint density at radius 3 is 2.42 bits per heavy atom. The number of unbranched alkanes of at least 4 members (excludes halogenated alkanes) is 1. The molecule has 0 bridgehead atoms.